The van der Waals surface area contributed by atoms with Crippen LogP contribution in [0.1, 0.15) is 48.5 Å². The number of carbonyl (C=O) groups is 1. The third kappa shape index (κ3) is 6.17. The Bertz CT molecular complexity index is 579. The number of benzene rings is 1. The number of hydrogen-bond donors (Lipinski definition) is 3. The van der Waals surface area contributed by atoms with E-state index in [2.05, 4.69) is 27.9 Å². The zero-order valence-electron chi connectivity index (χ0n) is 15.5. The molecule has 0 saturated heterocycles. The van der Waals surface area contributed by atoms with Crippen LogP contribution in [0.3, 0.4) is 0 Å². The first-order valence-electron chi connectivity index (χ1n) is 8.88. The van der Waals surface area contributed by atoms with Gasteiger partial charge in [-0.05, 0) is 48.8 Å². The molecule has 1 aliphatic rings. The molecule has 25 heavy (non-hydrogen) atoms. The van der Waals surface area contributed by atoms with Crippen LogP contribution in [0.2, 0.25) is 0 Å². The molecule has 1 aromatic rings. The van der Waals surface area contributed by atoms with Crippen molar-refractivity contribution in [3.63, 3.8) is 0 Å². The monoisotopic (exact) mass is 458 g/mol. The van der Waals surface area contributed by atoms with Gasteiger partial charge in [0, 0.05) is 32.7 Å². The van der Waals surface area contributed by atoms with Crippen molar-refractivity contribution in [3.8, 4) is 0 Å². The lowest BCUT2D eigenvalue weighted by atomic mass is 9.67. The van der Waals surface area contributed by atoms with Crippen molar-refractivity contribution in [2.24, 2.45) is 10.4 Å². The molecule has 0 aromatic heterocycles. The Labute approximate surface area is 168 Å². The molecule has 0 unspecified atom stereocenters. The van der Waals surface area contributed by atoms with Gasteiger partial charge in [-0.2, -0.15) is 0 Å². The second-order valence-corrected chi connectivity index (χ2v) is 6.59. The Kier molecular flexibility index (Phi) is 9.24. The van der Waals surface area contributed by atoms with Gasteiger partial charge >= 0.3 is 0 Å². The number of hydrogen-bond acceptors (Lipinski definition) is 2. The van der Waals surface area contributed by atoms with Gasteiger partial charge in [0.25, 0.3) is 5.91 Å². The van der Waals surface area contributed by atoms with Gasteiger partial charge in [0.2, 0.25) is 0 Å². The summed E-state index contributed by atoms with van der Waals surface area (Å²) < 4.78 is 0. The molecular formula is C19H31IN4O. The van der Waals surface area contributed by atoms with E-state index in [9.17, 15) is 4.79 Å². The van der Waals surface area contributed by atoms with Crippen LogP contribution in [-0.4, -0.2) is 39.1 Å². The maximum Gasteiger partial charge on any atom is 0.251 e. The minimum Gasteiger partial charge on any atom is -0.356 e. The van der Waals surface area contributed by atoms with Crippen LogP contribution >= 0.6 is 24.0 Å². The second-order valence-electron chi connectivity index (χ2n) is 6.59. The number of halogens is 1. The summed E-state index contributed by atoms with van der Waals surface area (Å²) in [5.41, 5.74) is 2.31. The fraction of sp³-hybridized carbons (Fsp3) is 0.579. The Hall–Kier alpha value is -1.31. The first-order valence-corrected chi connectivity index (χ1v) is 8.88. The Morgan fingerprint density at radius 2 is 2.04 bits per heavy atom. The van der Waals surface area contributed by atoms with E-state index in [1.165, 1.54) is 25.7 Å². The van der Waals surface area contributed by atoms with E-state index < -0.39 is 0 Å². The average molecular weight is 458 g/mol. The maximum atomic E-state index is 11.7. The highest BCUT2D eigenvalue weighted by Crippen LogP contribution is 2.42. The molecule has 1 amide bonds. The van der Waals surface area contributed by atoms with E-state index in [0.29, 0.717) is 11.0 Å². The van der Waals surface area contributed by atoms with Crippen LogP contribution in [0.5, 0.6) is 0 Å². The first kappa shape index (κ1) is 21.7. The summed E-state index contributed by atoms with van der Waals surface area (Å²) in [6.07, 6.45) is 6.07. The number of aliphatic imine (C=N–C) groups is 1. The number of guanidine groups is 1. The van der Waals surface area contributed by atoms with E-state index >= 15 is 0 Å². The predicted molar refractivity (Wildman–Crippen MR) is 115 cm³/mol. The number of rotatable bonds is 7. The van der Waals surface area contributed by atoms with Gasteiger partial charge in [0.15, 0.2) is 5.96 Å². The number of amides is 1. The highest BCUT2D eigenvalue weighted by Gasteiger charge is 2.34. The Balaban J connectivity index is 0.00000312. The van der Waals surface area contributed by atoms with Crippen molar-refractivity contribution in [1.29, 1.82) is 0 Å². The molecule has 6 heteroatoms. The fourth-order valence-electron chi connectivity index (χ4n) is 3.16. The number of carbonyl (C=O) groups excluding carboxylic acids is 1. The van der Waals surface area contributed by atoms with E-state index in [0.717, 1.165) is 31.0 Å². The molecule has 0 radical (unpaired) electrons. The summed E-state index contributed by atoms with van der Waals surface area (Å²) in [6, 6.07) is 7.75. The largest absolute Gasteiger partial charge is 0.356 e. The lowest BCUT2D eigenvalue weighted by Gasteiger charge is -2.41. The molecule has 0 atom stereocenters. The maximum absolute atomic E-state index is 11.7. The van der Waals surface area contributed by atoms with Crippen molar-refractivity contribution in [2.45, 2.75) is 39.0 Å². The third-order valence-corrected chi connectivity index (χ3v) is 5.14. The van der Waals surface area contributed by atoms with Gasteiger partial charge in [-0.15, -0.1) is 24.0 Å². The Morgan fingerprint density at radius 3 is 2.60 bits per heavy atom. The molecule has 5 nitrogen and oxygen atoms in total. The van der Waals surface area contributed by atoms with Crippen LogP contribution in [0.4, 0.5) is 0 Å². The zero-order chi connectivity index (χ0) is 17.4. The van der Waals surface area contributed by atoms with Crippen LogP contribution < -0.4 is 16.0 Å². The van der Waals surface area contributed by atoms with Crippen molar-refractivity contribution in [3.05, 3.63) is 35.4 Å². The molecule has 0 bridgehead atoms. The minimum atomic E-state index is -0.0485. The van der Waals surface area contributed by atoms with Gasteiger partial charge in [0.1, 0.15) is 0 Å². The van der Waals surface area contributed by atoms with Crippen LogP contribution in [0.25, 0.3) is 0 Å². The molecule has 140 valence electrons. The summed E-state index contributed by atoms with van der Waals surface area (Å²) in [4.78, 5) is 16.0. The smallest absolute Gasteiger partial charge is 0.251 e. The van der Waals surface area contributed by atoms with Gasteiger partial charge in [-0.3, -0.25) is 9.79 Å². The molecule has 1 fully saturated rings. The van der Waals surface area contributed by atoms with Crippen molar-refractivity contribution >= 4 is 35.8 Å². The van der Waals surface area contributed by atoms with Crippen molar-refractivity contribution in [2.75, 3.05) is 27.2 Å². The van der Waals surface area contributed by atoms with E-state index in [-0.39, 0.29) is 29.9 Å². The van der Waals surface area contributed by atoms with Gasteiger partial charge in [-0.1, -0.05) is 25.5 Å². The van der Waals surface area contributed by atoms with Gasteiger partial charge in [0.05, 0.1) is 0 Å². The number of nitrogens with zero attached hydrogens (tertiary/aromatic N) is 1. The molecule has 1 saturated carbocycles. The highest BCUT2D eigenvalue weighted by molar-refractivity contribution is 14.0. The zero-order valence-corrected chi connectivity index (χ0v) is 17.9. The minimum absolute atomic E-state index is 0. The van der Waals surface area contributed by atoms with Crippen LogP contribution in [0.15, 0.2) is 29.3 Å². The quantitative estimate of drug-likeness (QED) is 0.335. The van der Waals surface area contributed by atoms with Gasteiger partial charge in [-0.25, -0.2) is 0 Å². The van der Waals surface area contributed by atoms with Crippen LogP contribution in [0, 0.1) is 5.41 Å². The fourth-order valence-corrected chi connectivity index (χ4v) is 3.16. The summed E-state index contributed by atoms with van der Waals surface area (Å²) in [7, 11) is 3.46. The first-order chi connectivity index (χ1) is 11.6. The lowest BCUT2D eigenvalue weighted by Crippen LogP contribution is -2.46. The molecule has 0 heterocycles. The second kappa shape index (κ2) is 10.6. The molecule has 0 spiro atoms. The van der Waals surface area contributed by atoms with Crippen molar-refractivity contribution in [1.82, 2.24) is 16.0 Å². The molecular weight excluding hydrogens is 427 g/mol. The standard InChI is InChI=1S/C19H30N4O.HI/c1-4-19(10-6-11-19)14-23-18(21-3)22-12-9-15-7-5-8-16(13-15)17(24)20-2;/h5,7-8,13H,4,6,9-12,14H2,1-3H3,(H,20,24)(H2,21,22,23);1H. The average Bonchev–Trinajstić information content (AvgIpc) is 2.59. The molecule has 2 rings (SSSR count). The lowest BCUT2D eigenvalue weighted by molar-refractivity contribution is 0.0963. The van der Waals surface area contributed by atoms with Crippen LogP contribution in [-0.2, 0) is 6.42 Å². The SMILES string of the molecule is CCC1(CNC(=NC)NCCc2cccc(C(=O)NC)c2)CCC1.I. The summed E-state index contributed by atoms with van der Waals surface area (Å²) >= 11 is 0. The third-order valence-electron chi connectivity index (χ3n) is 5.14. The summed E-state index contributed by atoms with van der Waals surface area (Å²) in [6.45, 7) is 4.06. The van der Waals surface area contributed by atoms with E-state index in [1.54, 1.807) is 14.1 Å². The predicted octanol–water partition coefficient (Wildman–Crippen LogP) is 2.95. The molecule has 3 N–H and O–H groups in total. The molecule has 1 aliphatic carbocycles. The Morgan fingerprint density at radius 1 is 1.28 bits per heavy atom. The highest BCUT2D eigenvalue weighted by atomic mass is 127. The van der Waals surface area contributed by atoms with E-state index in [4.69, 9.17) is 0 Å². The normalized spacial score (nSPS) is 15.6. The molecule has 1 aromatic carbocycles. The summed E-state index contributed by atoms with van der Waals surface area (Å²) in [5.74, 6) is 0.810. The van der Waals surface area contributed by atoms with Crippen molar-refractivity contribution < 1.29 is 4.79 Å². The molecule has 0 aliphatic heterocycles. The van der Waals surface area contributed by atoms with Gasteiger partial charge < -0.3 is 16.0 Å². The van der Waals surface area contributed by atoms with E-state index in [1.807, 2.05) is 24.3 Å². The topological polar surface area (TPSA) is 65.5 Å². The number of nitrogens with one attached hydrogen (secondary N) is 3. The summed E-state index contributed by atoms with van der Waals surface area (Å²) in [5, 5.41) is 9.48.